The van der Waals surface area contributed by atoms with E-state index >= 15 is 0 Å². The summed E-state index contributed by atoms with van der Waals surface area (Å²) in [6, 6.07) is 10.5. The fourth-order valence-electron chi connectivity index (χ4n) is 2.67. The predicted molar refractivity (Wildman–Crippen MR) is 105 cm³/mol. The Morgan fingerprint density at radius 3 is 2.56 bits per heavy atom. The molecular weight excluding hydrogens is 411 g/mol. The van der Waals surface area contributed by atoms with Gasteiger partial charge in [0.15, 0.2) is 0 Å². The molecule has 1 heterocycles. The van der Waals surface area contributed by atoms with Crippen LogP contribution in [0.3, 0.4) is 0 Å². The van der Waals surface area contributed by atoms with Crippen molar-refractivity contribution in [1.29, 1.82) is 0 Å². The summed E-state index contributed by atoms with van der Waals surface area (Å²) < 4.78 is 32.6. The van der Waals surface area contributed by atoms with E-state index in [1.165, 1.54) is 24.3 Å². The monoisotopic (exact) mass is 428 g/mol. The third kappa shape index (κ3) is 5.00. The summed E-state index contributed by atoms with van der Waals surface area (Å²) in [5.41, 5.74) is 0.674. The van der Waals surface area contributed by atoms with Gasteiger partial charge >= 0.3 is 0 Å². The van der Waals surface area contributed by atoms with Crippen LogP contribution < -0.4 is 10.0 Å². The number of benzene rings is 2. The zero-order valence-electron chi connectivity index (χ0n) is 14.2. The SMILES string of the molecule is O=C(Nc1cccc(Cl)c1Cl)c1ccc(S(=O)(=O)NC[C@@H]2CCCO2)cc1. The summed E-state index contributed by atoms with van der Waals surface area (Å²) in [5.74, 6) is -0.421. The molecule has 1 aliphatic heterocycles. The van der Waals surface area contributed by atoms with E-state index in [0.29, 0.717) is 22.9 Å². The van der Waals surface area contributed by atoms with E-state index in [4.69, 9.17) is 27.9 Å². The molecule has 0 unspecified atom stereocenters. The molecule has 6 nitrogen and oxygen atoms in total. The maximum Gasteiger partial charge on any atom is 0.255 e. The van der Waals surface area contributed by atoms with Crippen LogP contribution in [0.2, 0.25) is 10.0 Å². The van der Waals surface area contributed by atoms with Crippen LogP contribution in [0.4, 0.5) is 5.69 Å². The van der Waals surface area contributed by atoms with Gasteiger partial charge in [0.2, 0.25) is 10.0 Å². The standard InChI is InChI=1S/C18H18Cl2N2O4S/c19-15-4-1-5-16(17(15)20)22-18(23)12-6-8-14(9-7-12)27(24,25)21-11-13-3-2-10-26-13/h1,4-9,13,21H,2-3,10-11H2,(H,22,23)/t13-/m0/s1. The number of carbonyl (C=O) groups is 1. The number of hydrogen-bond acceptors (Lipinski definition) is 4. The number of halogens is 2. The molecule has 0 aliphatic carbocycles. The van der Waals surface area contributed by atoms with Crippen LogP contribution in [0.25, 0.3) is 0 Å². The van der Waals surface area contributed by atoms with Crippen molar-refractivity contribution < 1.29 is 17.9 Å². The van der Waals surface area contributed by atoms with Crippen LogP contribution >= 0.6 is 23.2 Å². The number of amides is 1. The molecule has 0 radical (unpaired) electrons. The lowest BCUT2D eigenvalue weighted by atomic mass is 10.2. The Morgan fingerprint density at radius 2 is 1.89 bits per heavy atom. The molecule has 2 N–H and O–H groups in total. The second-order valence-electron chi connectivity index (χ2n) is 6.07. The van der Waals surface area contributed by atoms with E-state index in [1.807, 2.05) is 0 Å². The lowest BCUT2D eigenvalue weighted by Gasteiger charge is -2.12. The van der Waals surface area contributed by atoms with Crippen LogP contribution in [0.15, 0.2) is 47.4 Å². The highest BCUT2D eigenvalue weighted by atomic mass is 35.5. The van der Waals surface area contributed by atoms with Crippen molar-refractivity contribution in [3.05, 3.63) is 58.1 Å². The third-order valence-corrected chi connectivity index (χ3v) is 6.41. The fourth-order valence-corrected chi connectivity index (χ4v) is 4.09. The molecule has 27 heavy (non-hydrogen) atoms. The fraction of sp³-hybridized carbons (Fsp3) is 0.278. The molecule has 9 heteroatoms. The number of sulfonamides is 1. The summed E-state index contributed by atoms with van der Waals surface area (Å²) in [7, 11) is -3.66. The molecule has 1 fully saturated rings. The van der Waals surface area contributed by atoms with Crippen molar-refractivity contribution in [3.8, 4) is 0 Å². The highest BCUT2D eigenvalue weighted by molar-refractivity contribution is 7.89. The summed E-state index contributed by atoms with van der Waals surface area (Å²) in [6.07, 6.45) is 1.69. The first kappa shape index (κ1) is 20.1. The first-order valence-corrected chi connectivity index (χ1v) is 10.6. The molecule has 2 aromatic rings. The minimum absolute atomic E-state index is 0.0813. The zero-order valence-corrected chi connectivity index (χ0v) is 16.6. The first-order chi connectivity index (χ1) is 12.9. The molecule has 3 rings (SSSR count). The van der Waals surface area contributed by atoms with Crippen molar-refractivity contribution in [3.63, 3.8) is 0 Å². The van der Waals surface area contributed by atoms with E-state index in [9.17, 15) is 13.2 Å². The maximum absolute atomic E-state index is 12.3. The number of ether oxygens (including phenoxy) is 1. The first-order valence-electron chi connectivity index (χ1n) is 8.33. The number of anilines is 1. The third-order valence-electron chi connectivity index (χ3n) is 4.15. The summed E-state index contributed by atoms with van der Waals surface area (Å²) in [6.45, 7) is 0.894. The van der Waals surface area contributed by atoms with Crippen molar-refractivity contribution in [2.75, 3.05) is 18.5 Å². The minimum Gasteiger partial charge on any atom is -0.377 e. The van der Waals surface area contributed by atoms with Gasteiger partial charge in [-0.05, 0) is 49.2 Å². The maximum atomic E-state index is 12.3. The summed E-state index contributed by atoms with van der Waals surface area (Å²) in [5, 5.41) is 3.22. The smallest absolute Gasteiger partial charge is 0.255 e. The van der Waals surface area contributed by atoms with Crippen molar-refractivity contribution in [2.24, 2.45) is 0 Å². The van der Waals surface area contributed by atoms with E-state index < -0.39 is 15.9 Å². The van der Waals surface area contributed by atoms with Gasteiger partial charge < -0.3 is 10.1 Å². The Labute approximate surface area is 167 Å². The Morgan fingerprint density at radius 1 is 1.15 bits per heavy atom. The zero-order chi connectivity index (χ0) is 19.4. The largest absolute Gasteiger partial charge is 0.377 e. The molecular formula is C18H18Cl2N2O4S. The van der Waals surface area contributed by atoms with Gasteiger partial charge in [-0.2, -0.15) is 0 Å². The lowest BCUT2D eigenvalue weighted by molar-refractivity contribution is 0.102. The molecule has 0 spiro atoms. The minimum atomic E-state index is -3.66. The van der Waals surface area contributed by atoms with Gasteiger partial charge in [0.1, 0.15) is 0 Å². The molecule has 1 amide bonds. The van der Waals surface area contributed by atoms with Gasteiger partial charge in [0, 0.05) is 18.7 Å². The van der Waals surface area contributed by atoms with Gasteiger partial charge in [-0.25, -0.2) is 13.1 Å². The predicted octanol–water partition coefficient (Wildman–Crippen LogP) is 3.70. The molecule has 1 aliphatic rings. The Hall–Kier alpha value is -1.64. The van der Waals surface area contributed by atoms with Gasteiger partial charge in [-0.1, -0.05) is 29.3 Å². The average molecular weight is 429 g/mol. The van der Waals surface area contributed by atoms with Crippen LogP contribution in [0.5, 0.6) is 0 Å². The second-order valence-corrected chi connectivity index (χ2v) is 8.62. The Kier molecular flexibility index (Phi) is 6.39. The van der Waals surface area contributed by atoms with Gasteiger partial charge in [-0.3, -0.25) is 4.79 Å². The van der Waals surface area contributed by atoms with E-state index in [1.54, 1.807) is 18.2 Å². The molecule has 2 aromatic carbocycles. The normalized spacial score (nSPS) is 17.0. The van der Waals surface area contributed by atoms with Crippen molar-refractivity contribution in [2.45, 2.75) is 23.8 Å². The highest BCUT2D eigenvalue weighted by Crippen LogP contribution is 2.29. The second kappa shape index (κ2) is 8.58. The number of rotatable bonds is 6. The van der Waals surface area contributed by atoms with Crippen molar-refractivity contribution >= 4 is 44.8 Å². The van der Waals surface area contributed by atoms with Crippen molar-refractivity contribution in [1.82, 2.24) is 4.72 Å². The number of nitrogens with one attached hydrogen (secondary N) is 2. The topological polar surface area (TPSA) is 84.5 Å². The molecule has 0 bridgehead atoms. The quantitative estimate of drug-likeness (QED) is 0.734. The van der Waals surface area contributed by atoms with Gasteiger partial charge in [0.05, 0.1) is 26.7 Å². The van der Waals surface area contributed by atoms with Crippen LogP contribution in [0, 0.1) is 0 Å². The molecule has 1 atom stereocenters. The summed E-state index contributed by atoms with van der Waals surface area (Å²) in [4.78, 5) is 12.4. The Balaban J connectivity index is 1.66. The van der Waals surface area contributed by atoms with E-state index in [0.717, 1.165) is 12.8 Å². The van der Waals surface area contributed by atoms with E-state index in [2.05, 4.69) is 10.0 Å². The molecule has 1 saturated heterocycles. The van der Waals surface area contributed by atoms with Gasteiger partial charge in [-0.15, -0.1) is 0 Å². The number of hydrogen-bond donors (Lipinski definition) is 2. The summed E-state index contributed by atoms with van der Waals surface area (Å²) >= 11 is 12.0. The average Bonchev–Trinajstić information content (AvgIpc) is 3.18. The molecule has 144 valence electrons. The molecule has 0 aromatic heterocycles. The highest BCUT2D eigenvalue weighted by Gasteiger charge is 2.20. The van der Waals surface area contributed by atoms with Crippen LogP contribution in [-0.2, 0) is 14.8 Å². The van der Waals surface area contributed by atoms with E-state index in [-0.39, 0.29) is 22.6 Å². The van der Waals surface area contributed by atoms with Gasteiger partial charge in [0.25, 0.3) is 5.91 Å². The molecule has 0 saturated carbocycles. The van der Waals surface area contributed by atoms with Crippen LogP contribution in [-0.4, -0.2) is 33.6 Å². The van der Waals surface area contributed by atoms with Crippen LogP contribution in [0.1, 0.15) is 23.2 Å². The lowest BCUT2D eigenvalue weighted by Crippen LogP contribution is -2.31. The Bertz CT molecular complexity index is 927. The number of carbonyl (C=O) groups excluding carboxylic acids is 1.